The number of fused-ring (bicyclic) bond motifs is 2. The third-order valence-electron chi connectivity index (χ3n) is 6.02. The highest BCUT2D eigenvalue weighted by Gasteiger charge is 2.23. The Hall–Kier alpha value is -2.76. The van der Waals surface area contributed by atoms with Crippen molar-refractivity contribution in [3.8, 4) is 0 Å². The summed E-state index contributed by atoms with van der Waals surface area (Å²) >= 11 is 0. The van der Waals surface area contributed by atoms with Crippen molar-refractivity contribution in [2.24, 2.45) is 4.99 Å². The van der Waals surface area contributed by atoms with E-state index in [1.54, 1.807) is 0 Å². The second-order valence-corrected chi connectivity index (χ2v) is 8.44. The molecule has 3 aromatic rings. The van der Waals surface area contributed by atoms with Crippen LogP contribution in [0.2, 0.25) is 0 Å². The maximum Gasteiger partial charge on any atom is 0.191 e. The Morgan fingerprint density at radius 1 is 1.34 bits per heavy atom. The van der Waals surface area contributed by atoms with Crippen LogP contribution in [0, 0.1) is 13.8 Å². The van der Waals surface area contributed by atoms with Gasteiger partial charge in [-0.15, -0.1) is 0 Å². The molecule has 4 rings (SSSR count). The van der Waals surface area contributed by atoms with Crippen molar-refractivity contribution >= 4 is 16.9 Å². The molecular formula is C23H32N6. The van der Waals surface area contributed by atoms with Crippen molar-refractivity contribution in [2.45, 2.75) is 65.6 Å². The molecule has 2 aromatic heterocycles. The maximum absolute atomic E-state index is 4.78. The molecule has 1 unspecified atom stereocenters. The van der Waals surface area contributed by atoms with Gasteiger partial charge in [-0.25, -0.2) is 0 Å². The number of guanidine groups is 1. The van der Waals surface area contributed by atoms with Crippen molar-refractivity contribution < 1.29 is 0 Å². The fourth-order valence-electron chi connectivity index (χ4n) is 4.09. The minimum Gasteiger partial charge on any atom is -0.358 e. The minimum atomic E-state index is 0.362. The standard InChI is InChI=1S/C23H32N6/c1-14(2)29-13-18-7-8-19(11-22(18)28-29)27-23(24-5)25-12-17-6-9-21-20(10-17)15(3)16(4)26-21/h6,9-10,13-14,19,26H,7-8,11-12H2,1-5H3,(H2,24,25,27). The number of hydrogen-bond donors (Lipinski definition) is 3. The molecule has 0 amide bonds. The molecule has 1 atom stereocenters. The zero-order valence-electron chi connectivity index (χ0n) is 18.1. The summed E-state index contributed by atoms with van der Waals surface area (Å²) in [6.07, 6.45) is 5.33. The zero-order valence-corrected chi connectivity index (χ0v) is 18.1. The van der Waals surface area contributed by atoms with Crippen LogP contribution in [0.1, 0.15) is 54.4 Å². The number of aromatic nitrogens is 3. The SMILES string of the molecule is CN=C(NCc1ccc2[nH]c(C)c(C)c2c1)NC1CCc2cn(C(C)C)nc2C1. The van der Waals surface area contributed by atoms with E-state index < -0.39 is 0 Å². The van der Waals surface area contributed by atoms with E-state index in [-0.39, 0.29) is 0 Å². The van der Waals surface area contributed by atoms with Crippen LogP contribution in [-0.2, 0) is 19.4 Å². The Labute approximate surface area is 172 Å². The molecule has 0 saturated carbocycles. The smallest absolute Gasteiger partial charge is 0.191 e. The summed E-state index contributed by atoms with van der Waals surface area (Å²) < 4.78 is 2.08. The van der Waals surface area contributed by atoms with Crippen LogP contribution in [0.3, 0.4) is 0 Å². The summed E-state index contributed by atoms with van der Waals surface area (Å²) in [5, 5.41) is 13.1. The first-order chi connectivity index (χ1) is 13.9. The highest BCUT2D eigenvalue weighted by Crippen LogP contribution is 2.23. The molecule has 6 heteroatoms. The molecule has 1 aliphatic carbocycles. The van der Waals surface area contributed by atoms with Crippen LogP contribution in [0.4, 0.5) is 0 Å². The molecule has 0 aliphatic heterocycles. The Bertz CT molecular complexity index is 1040. The summed E-state index contributed by atoms with van der Waals surface area (Å²) in [5.74, 6) is 0.851. The number of hydrogen-bond acceptors (Lipinski definition) is 2. The summed E-state index contributed by atoms with van der Waals surface area (Å²) in [5.41, 5.74) is 7.63. The summed E-state index contributed by atoms with van der Waals surface area (Å²) in [6, 6.07) is 7.37. The molecule has 3 N–H and O–H groups in total. The van der Waals surface area contributed by atoms with Gasteiger partial charge >= 0.3 is 0 Å². The third-order valence-corrected chi connectivity index (χ3v) is 6.02. The molecule has 29 heavy (non-hydrogen) atoms. The predicted octanol–water partition coefficient (Wildman–Crippen LogP) is 3.78. The van der Waals surface area contributed by atoms with Crippen molar-refractivity contribution in [2.75, 3.05) is 7.05 Å². The Balaban J connectivity index is 1.38. The van der Waals surface area contributed by atoms with Gasteiger partial charge in [0.1, 0.15) is 0 Å². The van der Waals surface area contributed by atoms with Gasteiger partial charge < -0.3 is 15.6 Å². The van der Waals surface area contributed by atoms with Crippen LogP contribution in [0.5, 0.6) is 0 Å². The normalized spacial score (nSPS) is 17.0. The molecule has 0 saturated heterocycles. The zero-order chi connectivity index (χ0) is 20.5. The van der Waals surface area contributed by atoms with Crippen molar-refractivity contribution in [1.82, 2.24) is 25.4 Å². The summed E-state index contributed by atoms with van der Waals surface area (Å²) in [7, 11) is 1.83. The van der Waals surface area contributed by atoms with Gasteiger partial charge in [-0.2, -0.15) is 5.10 Å². The minimum absolute atomic E-state index is 0.362. The van der Waals surface area contributed by atoms with Gasteiger partial charge in [-0.1, -0.05) is 6.07 Å². The number of H-pyrrole nitrogens is 1. The lowest BCUT2D eigenvalue weighted by atomic mass is 9.94. The van der Waals surface area contributed by atoms with Crippen molar-refractivity contribution in [1.29, 1.82) is 0 Å². The second-order valence-electron chi connectivity index (χ2n) is 8.44. The first-order valence-corrected chi connectivity index (χ1v) is 10.6. The highest BCUT2D eigenvalue weighted by atomic mass is 15.3. The number of rotatable bonds is 4. The van der Waals surface area contributed by atoms with Gasteiger partial charge in [0, 0.05) is 54.9 Å². The molecule has 1 aliphatic rings. The highest BCUT2D eigenvalue weighted by molar-refractivity contribution is 5.85. The molecule has 1 aromatic carbocycles. The lowest BCUT2D eigenvalue weighted by Gasteiger charge is -2.24. The number of aromatic amines is 1. The molecule has 6 nitrogen and oxygen atoms in total. The van der Waals surface area contributed by atoms with Gasteiger partial charge in [-0.3, -0.25) is 9.67 Å². The maximum atomic E-state index is 4.78. The molecule has 0 spiro atoms. The fourth-order valence-corrected chi connectivity index (χ4v) is 4.09. The van der Waals surface area contributed by atoms with Crippen molar-refractivity contribution in [3.05, 3.63) is 52.5 Å². The molecular weight excluding hydrogens is 360 g/mol. The summed E-state index contributed by atoms with van der Waals surface area (Å²) in [4.78, 5) is 7.87. The number of nitrogens with one attached hydrogen (secondary N) is 3. The largest absolute Gasteiger partial charge is 0.358 e. The molecule has 0 bridgehead atoms. The summed E-state index contributed by atoms with van der Waals surface area (Å²) in [6.45, 7) is 9.39. The number of aryl methyl sites for hydroxylation is 3. The van der Waals surface area contributed by atoms with E-state index in [9.17, 15) is 0 Å². The molecule has 0 fully saturated rings. The van der Waals surface area contributed by atoms with E-state index in [0.717, 1.165) is 31.8 Å². The van der Waals surface area contributed by atoms with E-state index in [4.69, 9.17) is 5.10 Å². The van der Waals surface area contributed by atoms with E-state index >= 15 is 0 Å². The van der Waals surface area contributed by atoms with Crippen LogP contribution in [-0.4, -0.2) is 33.8 Å². The fraction of sp³-hybridized carbons (Fsp3) is 0.478. The first-order valence-electron chi connectivity index (χ1n) is 10.6. The Kier molecular flexibility index (Phi) is 5.35. The van der Waals surface area contributed by atoms with E-state index in [1.807, 2.05) is 7.05 Å². The van der Waals surface area contributed by atoms with Crippen LogP contribution in [0.25, 0.3) is 10.9 Å². The van der Waals surface area contributed by atoms with E-state index in [2.05, 4.69) is 77.4 Å². The lowest BCUT2D eigenvalue weighted by molar-refractivity contribution is 0.499. The quantitative estimate of drug-likeness (QED) is 0.467. The molecule has 2 heterocycles. The number of aliphatic imine (C=N–C) groups is 1. The third kappa shape index (κ3) is 4.02. The van der Waals surface area contributed by atoms with Gasteiger partial charge in [0.2, 0.25) is 0 Å². The van der Waals surface area contributed by atoms with Crippen LogP contribution < -0.4 is 10.6 Å². The Morgan fingerprint density at radius 2 is 2.17 bits per heavy atom. The van der Waals surface area contributed by atoms with Crippen LogP contribution >= 0.6 is 0 Å². The monoisotopic (exact) mass is 392 g/mol. The lowest BCUT2D eigenvalue weighted by Crippen LogP contribution is -2.45. The molecule has 154 valence electrons. The molecule has 0 radical (unpaired) electrons. The Morgan fingerprint density at radius 3 is 2.93 bits per heavy atom. The first kappa shape index (κ1) is 19.6. The van der Waals surface area contributed by atoms with E-state index in [1.165, 1.54) is 39.0 Å². The second kappa shape index (κ2) is 7.93. The predicted molar refractivity (Wildman–Crippen MR) is 120 cm³/mol. The number of benzene rings is 1. The van der Waals surface area contributed by atoms with Crippen molar-refractivity contribution in [3.63, 3.8) is 0 Å². The van der Waals surface area contributed by atoms with E-state index in [0.29, 0.717) is 12.1 Å². The number of nitrogens with zero attached hydrogens (tertiary/aromatic N) is 3. The average Bonchev–Trinajstić information content (AvgIpc) is 3.26. The van der Waals surface area contributed by atoms with Gasteiger partial charge in [-0.05, 0) is 69.4 Å². The van der Waals surface area contributed by atoms with Gasteiger partial charge in [0.15, 0.2) is 5.96 Å². The topological polar surface area (TPSA) is 70.0 Å². The van der Waals surface area contributed by atoms with Crippen LogP contribution in [0.15, 0.2) is 29.4 Å². The average molecular weight is 393 g/mol. The van der Waals surface area contributed by atoms with Gasteiger partial charge in [0.05, 0.1) is 5.69 Å². The van der Waals surface area contributed by atoms with Gasteiger partial charge in [0.25, 0.3) is 0 Å².